The molecule has 0 aromatic heterocycles. The van der Waals surface area contributed by atoms with Crippen LogP contribution in [0.15, 0.2) is 4.99 Å². The van der Waals surface area contributed by atoms with E-state index < -0.39 is 0 Å². The summed E-state index contributed by atoms with van der Waals surface area (Å²) >= 11 is 0. The molecule has 2 N–H and O–H groups in total. The summed E-state index contributed by atoms with van der Waals surface area (Å²) in [6, 6.07) is 0.678. The summed E-state index contributed by atoms with van der Waals surface area (Å²) in [7, 11) is 1.85. The second kappa shape index (κ2) is 9.97. The van der Waals surface area contributed by atoms with Gasteiger partial charge in [0, 0.05) is 19.6 Å². The summed E-state index contributed by atoms with van der Waals surface area (Å²) in [5, 5.41) is 6.87. The van der Waals surface area contributed by atoms with Crippen LogP contribution in [0.1, 0.15) is 52.4 Å². The van der Waals surface area contributed by atoms with Gasteiger partial charge in [0.1, 0.15) is 0 Å². The Morgan fingerprint density at radius 2 is 2.00 bits per heavy atom. The highest BCUT2D eigenvalue weighted by Crippen LogP contribution is 2.34. The highest BCUT2D eigenvalue weighted by Gasteiger charge is 2.36. The maximum atomic E-state index is 4.25. The van der Waals surface area contributed by atoms with E-state index in [9.17, 15) is 0 Å². The number of hydrogen-bond donors (Lipinski definition) is 2. The van der Waals surface area contributed by atoms with Crippen LogP contribution in [0.25, 0.3) is 0 Å². The fraction of sp³-hybridized carbons (Fsp3) is 0.923. The number of rotatable bonds is 7. The number of aliphatic imine (C=N–C) groups is 1. The zero-order chi connectivity index (χ0) is 11.8. The highest BCUT2D eigenvalue weighted by molar-refractivity contribution is 14.0. The number of halogens is 1. The molecule has 2 unspecified atom stereocenters. The fourth-order valence-corrected chi connectivity index (χ4v) is 2.07. The van der Waals surface area contributed by atoms with Gasteiger partial charge in [-0.25, -0.2) is 0 Å². The molecular weight excluding hydrogens is 325 g/mol. The molecule has 1 aliphatic carbocycles. The van der Waals surface area contributed by atoms with Crippen LogP contribution in [0.3, 0.4) is 0 Å². The second-order valence-electron chi connectivity index (χ2n) is 4.74. The Morgan fingerprint density at radius 1 is 1.24 bits per heavy atom. The summed E-state index contributed by atoms with van der Waals surface area (Å²) < 4.78 is 0. The van der Waals surface area contributed by atoms with E-state index in [-0.39, 0.29) is 24.0 Å². The van der Waals surface area contributed by atoms with Gasteiger partial charge < -0.3 is 10.6 Å². The molecule has 1 saturated carbocycles. The van der Waals surface area contributed by atoms with Crippen molar-refractivity contribution in [1.29, 1.82) is 0 Å². The molecule has 0 amide bonds. The molecule has 0 aliphatic heterocycles. The second-order valence-corrected chi connectivity index (χ2v) is 4.74. The Morgan fingerprint density at radius 3 is 2.59 bits per heavy atom. The van der Waals surface area contributed by atoms with Gasteiger partial charge >= 0.3 is 0 Å². The third-order valence-electron chi connectivity index (χ3n) is 3.20. The largest absolute Gasteiger partial charge is 0.356 e. The fourth-order valence-electron chi connectivity index (χ4n) is 2.07. The first-order valence-electron chi connectivity index (χ1n) is 6.79. The third-order valence-corrected chi connectivity index (χ3v) is 3.20. The van der Waals surface area contributed by atoms with E-state index in [0.717, 1.165) is 18.4 Å². The van der Waals surface area contributed by atoms with Crippen molar-refractivity contribution in [2.24, 2.45) is 10.9 Å². The molecule has 1 rings (SSSR count). The van der Waals surface area contributed by atoms with Gasteiger partial charge in [-0.15, -0.1) is 24.0 Å². The minimum atomic E-state index is 0. The standard InChI is InChI=1S/C13H27N3.HI/c1-4-6-7-9-15-13(14-3)16-12-10-11(12)8-5-2;/h11-12H,4-10H2,1-3H3,(H2,14,15,16);1H. The van der Waals surface area contributed by atoms with Crippen molar-refractivity contribution in [2.45, 2.75) is 58.4 Å². The first-order valence-corrected chi connectivity index (χ1v) is 6.79. The molecule has 102 valence electrons. The first kappa shape index (κ1) is 17.0. The van der Waals surface area contributed by atoms with Crippen LogP contribution in [-0.2, 0) is 0 Å². The van der Waals surface area contributed by atoms with E-state index in [4.69, 9.17) is 0 Å². The predicted octanol–water partition coefficient (Wildman–Crippen LogP) is 3.15. The van der Waals surface area contributed by atoms with Crippen LogP contribution < -0.4 is 10.6 Å². The van der Waals surface area contributed by atoms with E-state index >= 15 is 0 Å². The van der Waals surface area contributed by atoms with Crippen molar-refractivity contribution in [3.63, 3.8) is 0 Å². The number of hydrogen-bond acceptors (Lipinski definition) is 1. The SMILES string of the molecule is CCCCCNC(=NC)NC1CC1CCC.I. The Kier molecular flexibility index (Phi) is 9.97. The zero-order valence-electron chi connectivity index (χ0n) is 11.5. The van der Waals surface area contributed by atoms with Crippen molar-refractivity contribution in [3.8, 4) is 0 Å². The zero-order valence-corrected chi connectivity index (χ0v) is 13.8. The number of nitrogens with one attached hydrogen (secondary N) is 2. The number of nitrogens with zero attached hydrogens (tertiary/aromatic N) is 1. The van der Waals surface area contributed by atoms with E-state index in [1.54, 1.807) is 0 Å². The molecule has 4 heteroatoms. The lowest BCUT2D eigenvalue weighted by molar-refractivity contribution is 0.646. The molecule has 0 saturated heterocycles. The summed E-state index contributed by atoms with van der Waals surface area (Å²) in [6.07, 6.45) is 7.78. The molecule has 17 heavy (non-hydrogen) atoms. The molecule has 2 atom stereocenters. The number of guanidine groups is 1. The lowest BCUT2D eigenvalue weighted by Gasteiger charge is -2.11. The molecular formula is C13H28IN3. The van der Waals surface area contributed by atoms with Crippen LogP contribution in [0.5, 0.6) is 0 Å². The molecule has 1 fully saturated rings. The molecule has 0 aromatic carbocycles. The van der Waals surface area contributed by atoms with Crippen LogP contribution in [-0.4, -0.2) is 25.6 Å². The maximum absolute atomic E-state index is 4.25. The van der Waals surface area contributed by atoms with Gasteiger partial charge in [-0.05, 0) is 25.2 Å². The van der Waals surface area contributed by atoms with Gasteiger partial charge in [0.05, 0.1) is 0 Å². The average Bonchev–Trinajstić information content (AvgIpc) is 3.01. The van der Waals surface area contributed by atoms with Crippen molar-refractivity contribution in [2.75, 3.05) is 13.6 Å². The summed E-state index contributed by atoms with van der Waals surface area (Å²) in [5.41, 5.74) is 0. The summed E-state index contributed by atoms with van der Waals surface area (Å²) in [5.74, 6) is 1.87. The Hall–Kier alpha value is 0. The molecule has 0 spiro atoms. The predicted molar refractivity (Wildman–Crippen MR) is 86.2 cm³/mol. The topological polar surface area (TPSA) is 36.4 Å². The van der Waals surface area contributed by atoms with Gasteiger partial charge in [-0.1, -0.05) is 33.1 Å². The Labute approximate surface area is 123 Å². The minimum absolute atomic E-state index is 0. The molecule has 1 aliphatic rings. The third kappa shape index (κ3) is 7.11. The van der Waals surface area contributed by atoms with Gasteiger partial charge in [0.15, 0.2) is 5.96 Å². The molecule has 0 aromatic rings. The monoisotopic (exact) mass is 353 g/mol. The van der Waals surface area contributed by atoms with Crippen LogP contribution in [0, 0.1) is 5.92 Å². The van der Waals surface area contributed by atoms with Gasteiger partial charge in [-0.2, -0.15) is 0 Å². The van der Waals surface area contributed by atoms with Crippen LogP contribution in [0.4, 0.5) is 0 Å². The van der Waals surface area contributed by atoms with Crippen molar-refractivity contribution < 1.29 is 0 Å². The minimum Gasteiger partial charge on any atom is -0.356 e. The van der Waals surface area contributed by atoms with Crippen molar-refractivity contribution in [1.82, 2.24) is 10.6 Å². The van der Waals surface area contributed by atoms with E-state index in [1.165, 1.54) is 38.5 Å². The Balaban J connectivity index is 0.00000256. The average molecular weight is 353 g/mol. The van der Waals surface area contributed by atoms with Crippen LogP contribution in [0.2, 0.25) is 0 Å². The molecule has 0 radical (unpaired) electrons. The summed E-state index contributed by atoms with van der Waals surface area (Å²) in [6.45, 7) is 5.53. The van der Waals surface area contributed by atoms with E-state index in [1.807, 2.05) is 7.05 Å². The molecule has 0 heterocycles. The van der Waals surface area contributed by atoms with E-state index in [2.05, 4.69) is 29.5 Å². The van der Waals surface area contributed by atoms with Crippen LogP contribution >= 0.6 is 24.0 Å². The molecule has 0 bridgehead atoms. The lowest BCUT2D eigenvalue weighted by Crippen LogP contribution is -2.39. The van der Waals surface area contributed by atoms with Gasteiger partial charge in [0.2, 0.25) is 0 Å². The first-order chi connectivity index (χ1) is 7.81. The highest BCUT2D eigenvalue weighted by atomic mass is 127. The van der Waals surface area contributed by atoms with Crippen molar-refractivity contribution >= 4 is 29.9 Å². The van der Waals surface area contributed by atoms with Gasteiger partial charge in [-0.3, -0.25) is 4.99 Å². The lowest BCUT2D eigenvalue weighted by atomic mass is 10.2. The smallest absolute Gasteiger partial charge is 0.191 e. The quantitative estimate of drug-likeness (QED) is 0.319. The summed E-state index contributed by atoms with van der Waals surface area (Å²) in [4.78, 5) is 4.25. The molecule has 3 nitrogen and oxygen atoms in total. The normalized spacial score (nSPS) is 22.9. The Bertz CT molecular complexity index is 219. The van der Waals surface area contributed by atoms with Crippen molar-refractivity contribution in [3.05, 3.63) is 0 Å². The maximum Gasteiger partial charge on any atom is 0.191 e. The number of unbranched alkanes of at least 4 members (excludes halogenated alkanes) is 2. The van der Waals surface area contributed by atoms with Gasteiger partial charge in [0.25, 0.3) is 0 Å². The van der Waals surface area contributed by atoms with E-state index in [0.29, 0.717) is 6.04 Å².